The predicted octanol–water partition coefficient (Wildman–Crippen LogP) is 8.78. The molecule has 1 aliphatic rings. The highest BCUT2D eigenvalue weighted by Crippen LogP contribution is 2.44. The minimum Gasteiger partial charge on any atom is -0.497 e. The fourth-order valence-electron chi connectivity index (χ4n) is 7.56. The normalized spacial score (nSPS) is 13.5. The molecule has 0 saturated heterocycles. The second-order valence-corrected chi connectivity index (χ2v) is 18.8. The highest BCUT2D eigenvalue weighted by atomic mass is 28.4. The maximum atomic E-state index is 13.0. The smallest absolute Gasteiger partial charge is 0.338 e. The number of nitrogens with zero attached hydrogens (tertiary/aromatic N) is 1. The number of fused-ring (bicyclic) bond motifs is 2. The molecule has 7 rings (SSSR count). The van der Waals surface area contributed by atoms with Gasteiger partial charge in [0, 0.05) is 30.2 Å². The molecule has 2 heterocycles. The third kappa shape index (κ3) is 6.47. The average Bonchev–Trinajstić information content (AvgIpc) is 3.79. The zero-order chi connectivity index (χ0) is 35.8. The Kier molecular flexibility index (Phi) is 9.57. The molecule has 0 bridgehead atoms. The molecule has 264 valence electrons. The Morgan fingerprint density at radius 2 is 1.57 bits per heavy atom. The van der Waals surface area contributed by atoms with Gasteiger partial charge in [-0.05, 0) is 77.8 Å². The first-order valence-corrected chi connectivity index (χ1v) is 19.8. The fraction of sp³-hybridized carbons (Fsp3) is 0.326. The van der Waals surface area contributed by atoms with Gasteiger partial charge in [0.1, 0.15) is 17.1 Å². The molecule has 0 amide bonds. The summed E-state index contributed by atoms with van der Waals surface area (Å²) in [6.45, 7) is 10.3. The molecule has 1 aliphatic carbocycles. The lowest BCUT2D eigenvalue weighted by Gasteiger charge is -2.43. The van der Waals surface area contributed by atoms with Gasteiger partial charge in [-0.3, -0.25) is 0 Å². The molecule has 7 nitrogen and oxygen atoms in total. The molecule has 0 atom stereocenters. The van der Waals surface area contributed by atoms with Gasteiger partial charge in [0.15, 0.2) is 5.76 Å². The number of esters is 1. The molecule has 2 aromatic heterocycles. The molecule has 0 unspecified atom stereocenters. The number of carbonyl (C=O) groups is 1. The van der Waals surface area contributed by atoms with Crippen LogP contribution in [0.1, 0.15) is 56.5 Å². The van der Waals surface area contributed by atoms with Crippen LogP contribution in [0, 0.1) is 5.92 Å². The number of furan rings is 1. The van der Waals surface area contributed by atoms with Gasteiger partial charge in [0.05, 0.1) is 43.0 Å². The van der Waals surface area contributed by atoms with Gasteiger partial charge < -0.3 is 27.6 Å². The van der Waals surface area contributed by atoms with Crippen LogP contribution in [0.25, 0.3) is 33.3 Å². The van der Waals surface area contributed by atoms with Crippen molar-refractivity contribution in [1.82, 2.24) is 4.57 Å². The minimum absolute atomic E-state index is 0.168. The summed E-state index contributed by atoms with van der Waals surface area (Å²) in [7, 11) is 0.530. The van der Waals surface area contributed by atoms with E-state index in [4.69, 9.17) is 23.1 Å². The van der Waals surface area contributed by atoms with Crippen LogP contribution in [0.4, 0.5) is 0 Å². The van der Waals surface area contributed by atoms with E-state index in [2.05, 4.69) is 104 Å². The maximum absolute atomic E-state index is 13.0. The summed E-state index contributed by atoms with van der Waals surface area (Å²) in [5.74, 6) is 2.33. The first-order valence-electron chi connectivity index (χ1n) is 17.9. The monoisotopic (exact) mass is 701 g/mol. The Bertz CT molecular complexity index is 2120. The lowest BCUT2D eigenvalue weighted by Crippen LogP contribution is -2.66. The molecule has 8 heteroatoms. The van der Waals surface area contributed by atoms with E-state index in [1.807, 2.05) is 6.07 Å². The Labute approximate surface area is 301 Å². The maximum Gasteiger partial charge on any atom is 0.338 e. The van der Waals surface area contributed by atoms with Crippen LogP contribution in [0.5, 0.6) is 11.5 Å². The predicted molar refractivity (Wildman–Crippen MR) is 206 cm³/mol. The van der Waals surface area contributed by atoms with Crippen LogP contribution in [-0.2, 0) is 22.1 Å². The van der Waals surface area contributed by atoms with Gasteiger partial charge in [-0.2, -0.15) is 0 Å². The number of rotatable bonds is 13. The Morgan fingerprint density at radius 3 is 2.16 bits per heavy atom. The van der Waals surface area contributed by atoms with Crippen molar-refractivity contribution in [3.05, 3.63) is 108 Å². The molecular weight excluding hydrogens is 655 g/mol. The quantitative estimate of drug-likeness (QED) is 0.0886. The van der Waals surface area contributed by atoms with Crippen molar-refractivity contribution in [2.45, 2.75) is 58.5 Å². The molecule has 4 aromatic carbocycles. The van der Waals surface area contributed by atoms with E-state index >= 15 is 0 Å². The average molecular weight is 702 g/mol. The summed E-state index contributed by atoms with van der Waals surface area (Å²) in [6.07, 6.45) is 2.98. The Balaban J connectivity index is 1.40. The third-order valence-electron chi connectivity index (χ3n) is 10.2. The van der Waals surface area contributed by atoms with Crippen LogP contribution in [0.15, 0.2) is 101 Å². The standard InChI is InChI=1S/C43H47NO6Si/c1-7-48-42(45)31-25-38(47-6)40-35(22-23-49-51(43(2,3)4,33-14-10-8-11-15-33)34-16-12-9-13-17-34)41(50-39(40)26-31)37-24-30-20-21-32(46-5)27-36(30)44(37)28-29-18-19-29/h8-17,20-21,24-27,29H,7,18-19,22-23,28H2,1-6H3. The van der Waals surface area contributed by atoms with Gasteiger partial charge in [-0.15, -0.1) is 0 Å². The van der Waals surface area contributed by atoms with E-state index in [0.717, 1.165) is 45.6 Å². The van der Waals surface area contributed by atoms with Crippen molar-refractivity contribution in [2.24, 2.45) is 5.92 Å². The lowest BCUT2D eigenvalue weighted by atomic mass is 10.0. The highest BCUT2D eigenvalue weighted by molar-refractivity contribution is 6.99. The Morgan fingerprint density at radius 1 is 0.882 bits per heavy atom. The summed E-state index contributed by atoms with van der Waals surface area (Å²) in [6, 6.07) is 33.4. The number of hydrogen-bond acceptors (Lipinski definition) is 6. The largest absolute Gasteiger partial charge is 0.497 e. The Hall–Kier alpha value is -4.79. The zero-order valence-electron chi connectivity index (χ0n) is 30.5. The number of benzene rings is 4. The third-order valence-corrected chi connectivity index (χ3v) is 15.2. The van der Waals surface area contributed by atoms with Gasteiger partial charge >= 0.3 is 5.97 Å². The van der Waals surface area contributed by atoms with Gasteiger partial charge in [-0.1, -0.05) is 81.4 Å². The van der Waals surface area contributed by atoms with Crippen molar-refractivity contribution in [1.29, 1.82) is 0 Å². The summed E-state index contributed by atoms with van der Waals surface area (Å²) in [5.41, 5.74) is 4.04. The van der Waals surface area contributed by atoms with E-state index in [1.54, 1.807) is 33.3 Å². The first-order chi connectivity index (χ1) is 24.7. The van der Waals surface area contributed by atoms with Gasteiger partial charge in [0.25, 0.3) is 8.32 Å². The van der Waals surface area contributed by atoms with Crippen molar-refractivity contribution in [3.8, 4) is 23.0 Å². The molecule has 1 saturated carbocycles. The summed E-state index contributed by atoms with van der Waals surface area (Å²) in [4.78, 5) is 13.0. The van der Waals surface area contributed by atoms with Gasteiger partial charge in [0.2, 0.25) is 0 Å². The number of methoxy groups -OCH3 is 2. The molecule has 0 radical (unpaired) electrons. The molecule has 0 aliphatic heterocycles. The zero-order valence-corrected chi connectivity index (χ0v) is 31.5. The summed E-state index contributed by atoms with van der Waals surface area (Å²) < 4.78 is 33.7. The lowest BCUT2D eigenvalue weighted by molar-refractivity contribution is 0.0526. The molecule has 1 fully saturated rings. The molecule has 0 spiro atoms. The summed E-state index contributed by atoms with van der Waals surface area (Å²) in [5, 5.41) is 4.25. The topological polar surface area (TPSA) is 72.1 Å². The van der Waals surface area contributed by atoms with E-state index < -0.39 is 14.3 Å². The SMILES string of the molecule is CCOC(=O)c1cc(OC)c2c(CCO[Si](c3ccccc3)(c3ccccc3)C(C)(C)C)c(-c3cc4ccc(OC)cc4n3CC3CC3)oc2c1. The van der Waals surface area contributed by atoms with Crippen molar-refractivity contribution in [2.75, 3.05) is 27.4 Å². The van der Waals surface area contributed by atoms with E-state index in [-0.39, 0.29) is 11.6 Å². The minimum atomic E-state index is -2.81. The van der Waals surface area contributed by atoms with Crippen molar-refractivity contribution in [3.63, 3.8) is 0 Å². The van der Waals surface area contributed by atoms with Crippen LogP contribution >= 0.6 is 0 Å². The number of ether oxygens (including phenoxy) is 3. The fourth-order valence-corrected chi connectivity index (χ4v) is 12.1. The molecule has 0 N–H and O–H groups in total. The summed E-state index contributed by atoms with van der Waals surface area (Å²) >= 11 is 0. The van der Waals surface area contributed by atoms with Crippen LogP contribution < -0.4 is 19.8 Å². The van der Waals surface area contributed by atoms with Crippen molar-refractivity contribution < 1.29 is 27.8 Å². The van der Waals surface area contributed by atoms with Crippen LogP contribution in [0.2, 0.25) is 5.04 Å². The van der Waals surface area contributed by atoms with E-state index in [1.165, 1.54) is 23.2 Å². The van der Waals surface area contributed by atoms with Crippen LogP contribution in [-0.4, -0.2) is 46.3 Å². The second-order valence-electron chi connectivity index (χ2n) is 14.5. The van der Waals surface area contributed by atoms with E-state index in [9.17, 15) is 4.79 Å². The number of carbonyl (C=O) groups excluding carboxylic acids is 1. The van der Waals surface area contributed by atoms with Crippen molar-refractivity contribution >= 4 is 46.5 Å². The number of hydrogen-bond donors (Lipinski definition) is 0. The highest BCUT2D eigenvalue weighted by Gasteiger charge is 2.50. The second kappa shape index (κ2) is 14.1. The molecular formula is C43H47NO6Si. The van der Waals surface area contributed by atoms with E-state index in [0.29, 0.717) is 35.8 Å². The molecule has 51 heavy (non-hydrogen) atoms. The molecule has 6 aromatic rings. The number of aromatic nitrogens is 1. The van der Waals surface area contributed by atoms with Crippen LogP contribution in [0.3, 0.4) is 0 Å². The van der Waals surface area contributed by atoms with Gasteiger partial charge in [-0.25, -0.2) is 4.79 Å². The first kappa shape index (κ1) is 34.6.